The van der Waals surface area contributed by atoms with Gasteiger partial charge in [0.1, 0.15) is 16.4 Å². The number of aromatic nitrogens is 2. The number of thiazole rings is 1. The molecule has 1 atom stereocenters. The number of unbranched alkanes of at least 4 members (excludes halogenated alkanes) is 2. The Balaban J connectivity index is 1.80. The van der Waals surface area contributed by atoms with Gasteiger partial charge in [0.15, 0.2) is 5.13 Å². The molecule has 1 N–H and O–H groups in total. The number of rotatable bonds is 9. The summed E-state index contributed by atoms with van der Waals surface area (Å²) in [6.07, 6.45) is 6.07. The van der Waals surface area contributed by atoms with Gasteiger partial charge in [-0.1, -0.05) is 43.2 Å². The number of amides is 1. The second-order valence-corrected chi connectivity index (χ2v) is 9.41. The Hall–Kier alpha value is -4.05. The summed E-state index contributed by atoms with van der Waals surface area (Å²) in [6.45, 7) is 4.33. The maximum atomic E-state index is 13.3. The van der Waals surface area contributed by atoms with Crippen LogP contribution in [-0.2, 0) is 14.3 Å². The summed E-state index contributed by atoms with van der Waals surface area (Å²) in [5.74, 6) is -1.97. The van der Waals surface area contributed by atoms with Crippen LogP contribution in [0.1, 0.15) is 58.7 Å². The largest absolute Gasteiger partial charge is 0.507 e. The van der Waals surface area contributed by atoms with Gasteiger partial charge in [0.25, 0.3) is 5.78 Å². The van der Waals surface area contributed by atoms with Crippen LogP contribution in [0.4, 0.5) is 5.13 Å². The molecule has 1 aliphatic heterocycles. The normalized spacial score (nSPS) is 16.7. The number of aryl methyl sites for hydroxylation is 1. The molecule has 0 spiro atoms. The van der Waals surface area contributed by atoms with Gasteiger partial charge in [0.05, 0.1) is 31.0 Å². The predicted octanol–water partition coefficient (Wildman–Crippen LogP) is 4.83. The number of aliphatic hydroxyl groups is 1. The molecule has 1 aliphatic rings. The molecule has 1 fully saturated rings. The van der Waals surface area contributed by atoms with E-state index in [0.29, 0.717) is 29.2 Å². The van der Waals surface area contributed by atoms with E-state index in [-0.39, 0.29) is 21.3 Å². The van der Waals surface area contributed by atoms with Crippen molar-refractivity contribution in [3.05, 3.63) is 76.1 Å². The first-order valence-electron chi connectivity index (χ1n) is 11.9. The van der Waals surface area contributed by atoms with Gasteiger partial charge < -0.3 is 14.6 Å². The summed E-state index contributed by atoms with van der Waals surface area (Å²) in [4.78, 5) is 48.6. The van der Waals surface area contributed by atoms with Gasteiger partial charge in [0.2, 0.25) is 0 Å². The van der Waals surface area contributed by atoms with Crippen LogP contribution >= 0.6 is 11.3 Å². The quantitative estimate of drug-likeness (QED) is 0.140. The average molecular weight is 522 g/mol. The number of benzene rings is 1. The zero-order chi connectivity index (χ0) is 26.5. The maximum Gasteiger partial charge on any atom is 0.350 e. The molecule has 1 amide bonds. The third kappa shape index (κ3) is 5.24. The molecular weight excluding hydrogens is 494 g/mol. The molecule has 0 bridgehead atoms. The molecule has 10 heteroatoms. The van der Waals surface area contributed by atoms with E-state index in [4.69, 9.17) is 9.47 Å². The molecule has 1 aromatic carbocycles. The highest BCUT2D eigenvalue weighted by Crippen LogP contribution is 2.44. The minimum Gasteiger partial charge on any atom is -0.507 e. The van der Waals surface area contributed by atoms with Crippen LogP contribution in [0.25, 0.3) is 5.76 Å². The first-order chi connectivity index (χ1) is 17.9. The number of hydrogen-bond acceptors (Lipinski definition) is 9. The molecule has 4 rings (SSSR count). The van der Waals surface area contributed by atoms with Crippen LogP contribution in [0.3, 0.4) is 0 Å². The van der Waals surface area contributed by atoms with E-state index in [1.54, 1.807) is 43.3 Å². The summed E-state index contributed by atoms with van der Waals surface area (Å²) >= 11 is 0.950. The maximum absolute atomic E-state index is 13.3. The van der Waals surface area contributed by atoms with E-state index in [9.17, 15) is 19.5 Å². The number of ketones is 1. The van der Waals surface area contributed by atoms with Crippen molar-refractivity contribution in [2.24, 2.45) is 0 Å². The van der Waals surface area contributed by atoms with E-state index < -0.39 is 23.7 Å². The van der Waals surface area contributed by atoms with E-state index in [1.165, 1.54) is 24.4 Å². The number of esters is 1. The van der Waals surface area contributed by atoms with Crippen LogP contribution in [0, 0.1) is 6.92 Å². The van der Waals surface area contributed by atoms with E-state index in [1.807, 2.05) is 0 Å². The Morgan fingerprint density at radius 2 is 1.81 bits per heavy atom. The molecule has 37 heavy (non-hydrogen) atoms. The number of carbonyl (C=O) groups excluding carboxylic acids is 3. The fraction of sp³-hybridized carbons (Fsp3) is 0.296. The van der Waals surface area contributed by atoms with Gasteiger partial charge in [-0.25, -0.2) is 9.78 Å². The predicted molar refractivity (Wildman–Crippen MR) is 139 cm³/mol. The molecule has 192 valence electrons. The molecule has 0 aliphatic carbocycles. The number of Topliss-reactive ketones (excluding diaryl/α,β-unsaturated/α-hetero) is 1. The molecule has 1 saturated heterocycles. The van der Waals surface area contributed by atoms with Crippen LogP contribution in [-0.4, -0.2) is 46.5 Å². The second-order valence-electron chi connectivity index (χ2n) is 8.43. The number of aliphatic hydroxyl groups excluding tert-OH is 1. The second kappa shape index (κ2) is 11.3. The Morgan fingerprint density at radius 3 is 2.46 bits per heavy atom. The molecule has 3 heterocycles. The average Bonchev–Trinajstić information content (AvgIpc) is 3.43. The van der Waals surface area contributed by atoms with Crippen LogP contribution in [0.5, 0.6) is 5.75 Å². The number of methoxy groups -OCH3 is 1. The molecule has 9 nitrogen and oxygen atoms in total. The van der Waals surface area contributed by atoms with Gasteiger partial charge in [-0.3, -0.25) is 19.5 Å². The van der Waals surface area contributed by atoms with Crippen molar-refractivity contribution in [3.8, 4) is 5.75 Å². The van der Waals surface area contributed by atoms with Crippen molar-refractivity contribution < 1.29 is 29.0 Å². The van der Waals surface area contributed by atoms with Crippen molar-refractivity contribution in [2.45, 2.75) is 39.2 Å². The van der Waals surface area contributed by atoms with Gasteiger partial charge in [-0.15, -0.1) is 0 Å². The number of ether oxygens (including phenoxy) is 2. The number of carbonyl (C=O) groups is 3. The highest BCUT2D eigenvalue weighted by molar-refractivity contribution is 7.17. The smallest absolute Gasteiger partial charge is 0.350 e. The third-order valence-electron chi connectivity index (χ3n) is 5.97. The lowest BCUT2D eigenvalue weighted by Gasteiger charge is -2.23. The molecule has 0 radical (unpaired) electrons. The summed E-state index contributed by atoms with van der Waals surface area (Å²) in [7, 11) is 1.26. The van der Waals surface area contributed by atoms with E-state index in [2.05, 4.69) is 16.9 Å². The monoisotopic (exact) mass is 521 g/mol. The first-order valence-corrected chi connectivity index (χ1v) is 12.7. The first kappa shape index (κ1) is 26.0. The number of hydrogen-bond donors (Lipinski definition) is 1. The summed E-state index contributed by atoms with van der Waals surface area (Å²) < 4.78 is 10.6. The fourth-order valence-electron chi connectivity index (χ4n) is 4.07. The van der Waals surface area contributed by atoms with Gasteiger partial charge in [0, 0.05) is 18.0 Å². The summed E-state index contributed by atoms with van der Waals surface area (Å²) in [5, 5.41) is 11.3. The van der Waals surface area contributed by atoms with Gasteiger partial charge in [-0.05, 0) is 43.2 Å². The third-order valence-corrected chi connectivity index (χ3v) is 7.11. The number of pyridine rings is 1. The van der Waals surface area contributed by atoms with E-state index >= 15 is 0 Å². The van der Waals surface area contributed by atoms with Crippen molar-refractivity contribution >= 4 is 39.9 Å². The van der Waals surface area contributed by atoms with Crippen molar-refractivity contribution in [2.75, 3.05) is 18.6 Å². The van der Waals surface area contributed by atoms with Gasteiger partial charge in [-0.2, -0.15) is 0 Å². The topological polar surface area (TPSA) is 119 Å². The molecule has 0 saturated carbocycles. The Labute approximate surface area is 218 Å². The Morgan fingerprint density at radius 1 is 1.11 bits per heavy atom. The highest BCUT2D eigenvalue weighted by Gasteiger charge is 2.48. The van der Waals surface area contributed by atoms with Crippen molar-refractivity contribution in [1.82, 2.24) is 9.97 Å². The van der Waals surface area contributed by atoms with Crippen molar-refractivity contribution in [3.63, 3.8) is 0 Å². The van der Waals surface area contributed by atoms with Crippen LogP contribution < -0.4 is 9.64 Å². The number of anilines is 1. The van der Waals surface area contributed by atoms with Gasteiger partial charge >= 0.3 is 11.9 Å². The molecule has 3 aromatic rings. The number of nitrogens with zero attached hydrogens (tertiary/aromatic N) is 3. The molecular formula is C27H27N3O6S. The lowest BCUT2D eigenvalue weighted by atomic mass is 9.95. The Bertz CT molecular complexity index is 1330. The fourth-order valence-corrected chi connectivity index (χ4v) is 5.08. The molecule has 1 unspecified atom stereocenters. The lowest BCUT2D eigenvalue weighted by molar-refractivity contribution is -0.132. The minimum absolute atomic E-state index is 0.0831. The molecule has 2 aromatic heterocycles. The zero-order valence-corrected chi connectivity index (χ0v) is 21.6. The lowest BCUT2D eigenvalue weighted by Crippen LogP contribution is -2.29. The van der Waals surface area contributed by atoms with Crippen molar-refractivity contribution in [1.29, 1.82) is 0 Å². The SMILES string of the molecule is CCCCCOc1ccc(C2/C(=C(\O)c3ccncc3)C(=O)C(=O)N2c2nc(C)c(C(=O)OC)s2)cc1. The van der Waals surface area contributed by atoms with Crippen LogP contribution in [0.15, 0.2) is 54.4 Å². The summed E-state index contributed by atoms with van der Waals surface area (Å²) in [6, 6.07) is 9.16. The van der Waals surface area contributed by atoms with Crippen LogP contribution in [0.2, 0.25) is 0 Å². The highest BCUT2D eigenvalue weighted by atomic mass is 32.1. The minimum atomic E-state index is -0.974. The standard InChI is InChI=1S/C27H27N3O6S/c1-4-5-6-15-36-19-9-7-17(8-10-19)21-20(22(31)18-11-13-28-14-12-18)23(32)25(33)30(21)27-29-16(2)24(37-27)26(34)35-3/h7-14,21,31H,4-6,15H2,1-3H3/b22-20+. The summed E-state index contributed by atoms with van der Waals surface area (Å²) in [5.41, 5.74) is 1.21. The van der Waals surface area contributed by atoms with E-state index in [0.717, 1.165) is 30.6 Å². The zero-order valence-electron chi connectivity index (χ0n) is 20.8. The Kier molecular flexibility index (Phi) is 7.98.